The summed E-state index contributed by atoms with van der Waals surface area (Å²) in [5.41, 5.74) is 0.563. The van der Waals surface area contributed by atoms with Crippen molar-refractivity contribution in [1.29, 1.82) is 0 Å². The second-order valence-electron chi connectivity index (χ2n) is 2.09. The van der Waals surface area contributed by atoms with Crippen molar-refractivity contribution in [3.05, 3.63) is 21.9 Å². The van der Waals surface area contributed by atoms with E-state index < -0.39 is 0 Å². The Kier molecular flexibility index (Phi) is 2.54. The van der Waals surface area contributed by atoms with Gasteiger partial charge in [0.2, 0.25) is 0 Å². The zero-order chi connectivity index (χ0) is 8.27. The first-order valence-electron chi connectivity index (χ1n) is 3.35. The van der Waals surface area contributed by atoms with Crippen LogP contribution in [0.2, 0.25) is 0 Å². The first-order chi connectivity index (χ1) is 5.29. The average molecular weight is 168 g/mol. The lowest BCUT2D eigenvalue weighted by atomic mass is 10.1. The molecule has 0 unspecified atom stereocenters. The average Bonchev–Trinajstić information content (AvgIpc) is 2.50. The van der Waals surface area contributed by atoms with Crippen LogP contribution in [-0.4, -0.2) is 12.1 Å². The van der Waals surface area contributed by atoms with Gasteiger partial charge in [0.25, 0.3) is 0 Å². The Morgan fingerprint density at radius 3 is 3.00 bits per heavy atom. The maximum absolute atomic E-state index is 11.1. The van der Waals surface area contributed by atoms with Crippen molar-refractivity contribution < 1.29 is 9.59 Å². The molecule has 0 amide bonds. The van der Waals surface area contributed by atoms with E-state index in [-0.39, 0.29) is 5.78 Å². The van der Waals surface area contributed by atoms with Crippen LogP contribution in [0.25, 0.3) is 0 Å². The fourth-order valence-electron chi connectivity index (χ4n) is 0.833. The molecular weight excluding hydrogens is 160 g/mol. The number of ketones is 1. The van der Waals surface area contributed by atoms with Gasteiger partial charge in [0.1, 0.15) is 0 Å². The molecule has 0 aliphatic carbocycles. The Bertz CT molecular complexity index is 275. The van der Waals surface area contributed by atoms with Crippen LogP contribution in [0, 0.1) is 0 Å². The molecule has 0 aliphatic heterocycles. The minimum absolute atomic E-state index is 0.0355. The Morgan fingerprint density at radius 2 is 2.45 bits per heavy atom. The highest BCUT2D eigenvalue weighted by atomic mass is 32.1. The van der Waals surface area contributed by atoms with Crippen LogP contribution in [-0.2, 0) is 0 Å². The SMILES string of the molecule is CCC(=O)c1ccsc1C=O. The van der Waals surface area contributed by atoms with E-state index in [1.807, 2.05) is 0 Å². The summed E-state index contributed by atoms with van der Waals surface area (Å²) < 4.78 is 0. The molecule has 1 aromatic rings. The normalized spacial score (nSPS) is 9.55. The lowest BCUT2D eigenvalue weighted by molar-refractivity contribution is 0.0982. The number of carbonyl (C=O) groups is 2. The lowest BCUT2D eigenvalue weighted by Crippen LogP contribution is -1.96. The molecule has 0 aromatic carbocycles. The second kappa shape index (κ2) is 3.44. The first kappa shape index (κ1) is 8.14. The van der Waals surface area contributed by atoms with E-state index in [0.29, 0.717) is 16.9 Å². The van der Waals surface area contributed by atoms with E-state index in [1.54, 1.807) is 18.4 Å². The third kappa shape index (κ3) is 1.54. The fourth-order valence-corrected chi connectivity index (χ4v) is 1.55. The Balaban J connectivity index is 3.01. The summed E-state index contributed by atoms with van der Waals surface area (Å²) in [7, 11) is 0. The third-order valence-electron chi connectivity index (χ3n) is 1.42. The molecule has 1 heterocycles. The number of carbonyl (C=O) groups excluding carboxylic acids is 2. The van der Waals surface area contributed by atoms with Gasteiger partial charge in [0.05, 0.1) is 4.88 Å². The molecule has 0 bridgehead atoms. The zero-order valence-corrected chi connectivity index (χ0v) is 6.98. The van der Waals surface area contributed by atoms with Crippen molar-refractivity contribution >= 4 is 23.4 Å². The Hall–Kier alpha value is -0.960. The maximum Gasteiger partial charge on any atom is 0.164 e. The van der Waals surface area contributed by atoms with Crippen molar-refractivity contribution in [3.63, 3.8) is 0 Å². The van der Waals surface area contributed by atoms with Crippen LogP contribution < -0.4 is 0 Å². The van der Waals surface area contributed by atoms with E-state index in [4.69, 9.17) is 0 Å². The largest absolute Gasteiger partial charge is 0.297 e. The van der Waals surface area contributed by atoms with Crippen LogP contribution >= 0.6 is 11.3 Å². The standard InChI is InChI=1S/C8H8O2S/c1-2-7(10)6-3-4-11-8(6)5-9/h3-5H,2H2,1H3. The molecule has 58 valence electrons. The number of hydrogen-bond donors (Lipinski definition) is 0. The van der Waals surface area contributed by atoms with Gasteiger partial charge in [-0.15, -0.1) is 11.3 Å². The quantitative estimate of drug-likeness (QED) is 0.512. The van der Waals surface area contributed by atoms with Gasteiger partial charge < -0.3 is 0 Å². The van der Waals surface area contributed by atoms with E-state index in [9.17, 15) is 9.59 Å². The van der Waals surface area contributed by atoms with E-state index in [1.165, 1.54) is 11.3 Å². The summed E-state index contributed by atoms with van der Waals surface area (Å²) >= 11 is 1.30. The molecule has 0 N–H and O–H groups in total. The summed E-state index contributed by atoms with van der Waals surface area (Å²) in [6.07, 6.45) is 1.19. The first-order valence-corrected chi connectivity index (χ1v) is 4.23. The Labute approximate surface area is 68.9 Å². The van der Waals surface area contributed by atoms with Gasteiger partial charge >= 0.3 is 0 Å². The number of rotatable bonds is 3. The van der Waals surface area contributed by atoms with Crippen molar-refractivity contribution in [2.75, 3.05) is 0 Å². The predicted molar refractivity (Wildman–Crippen MR) is 44.3 cm³/mol. The molecule has 0 saturated carbocycles. The maximum atomic E-state index is 11.1. The van der Waals surface area contributed by atoms with Crippen molar-refractivity contribution in [2.45, 2.75) is 13.3 Å². The molecule has 1 rings (SSSR count). The molecular formula is C8H8O2S. The van der Waals surface area contributed by atoms with Crippen LogP contribution in [0.1, 0.15) is 33.4 Å². The number of aldehydes is 1. The number of Topliss-reactive ketones (excluding diaryl/α,β-unsaturated/α-hetero) is 1. The van der Waals surface area contributed by atoms with Crippen molar-refractivity contribution in [2.24, 2.45) is 0 Å². The van der Waals surface area contributed by atoms with Crippen LogP contribution in [0.5, 0.6) is 0 Å². The molecule has 0 radical (unpaired) electrons. The smallest absolute Gasteiger partial charge is 0.164 e. The van der Waals surface area contributed by atoms with Gasteiger partial charge in [0.15, 0.2) is 12.1 Å². The fraction of sp³-hybridized carbons (Fsp3) is 0.250. The minimum Gasteiger partial charge on any atom is -0.297 e. The molecule has 2 nitrogen and oxygen atoms in total. The van der Waals surface area contributed by atoms with Gasteiger partial charge in [-0.1, -0.05) is 6.92 Å². The summed E-state index contributed by atoms with van der Waals surface area (Å²) in [5.74, 6) is 0.0355. The van der Waals surface area contributed by atoms with Crippen molar-refractivity contribution in [3.8, 4) is 0 Å². The molecule has 3 heteroatoms. The molecule has 11 heavy (non-hydrogen) atoms. The minimum atomic E-state index is 0.0355. The van der Waals surface area contributed by atoms with E-state index in [2.05, 4.69) is 0 Å². The molecule has 0 aliphatic rings. The van der Waals surface area contributed by atoms with E-state index in [0.717, 1.165) is 6.29 Å². The Morgan fingerprint density at radius 1 is 1.73 bits per heavy atom. The second-order valence-corrected chi connectivity index (χ2v) is 3.04. The van der Waals surface area contributed by atoms with Gasteiger partial charge in [-0.05, 0) is 11.4 Å². The summed E-state index contributed by atoms with van der Waals surface area (Å²) in [6, 6.07) is 1.69. The van der Waals surface area contributed by atoms with Crippen LogP contribution in [0.3, 0.4) is 0 Å². The van der Waals surface area contributed by atoms with Gasteiger partial charge in [-0.3, -0.25) is 9.59 Å². The molecule has 0 atom stereocenters. The van der Waals surface area contributed by atoms with Crippen LogP contribution in [0.4, 0.5) is 0 Å². The highest BCUT2D eigenvalue weighted by molar-refractivity contribution is 7.12. The lowest BCUT2D eigenvalue weighted by Gasteiger charge is -1.91. The molecule has 1 aromatic heterocycles. The number of hydrogen-bond acceptors (Lipinski definition) is 3. The number of thiophene rings is 1. The van der Waals surface area contributed by atoms with Crippen molar-refractivity contribution in [1.82, 2.24) is 0 Å². The monoisotopic (exact) mass is 168 g/mol. The van der Waals surface area contributed by atoms with Gasteiger partial charge in [-0.25, -0.2) is 0 Å². The highest BCUT2D eigenvalue weighted by Crippen LogP contribution is 2.15. The summed E-state index contributed by atoms with van der Waals surface area (Å²) in [6.45, 7) is 1.79. The van der Waals surface area contributed by atoms with Gasteiger partial charge in [-0.2, -0.15) is 0 Å². The highest BCUT2D eigenvalue weighted by Gasteiger charge is 2.09. The van der Waals surface area contributed by atoms with E-state index >= 15 is 0 Å². The third-order valence-corrected chi connectivity index (χ3v) is 2.27. The summed E-state index contributed by atoms with van der Waals surface area (Å²) in [5, 5.41) is 1.76. The predicted octanol–water partition coefficient (Wildman–Crippen LogP) is 2.15. The van der Waals surface area contributed by atoms with Crippen LogP contribution in [0.15, 0.2) is 11.4 Å². The molecule has 0 spiro atoms. The zero-order valence-electron chi connectivity index (χ0n) is 6.16. The summed E-state index contributed by atoms with van der Waals surface area (Å²) in [4.78, 5) is 22.0. The molecule has 0 fully saturated rings. The van der Waals surface area contributed by atoms with Gasteiger partial charge in [0, 0.05) is 12.0 Å². The topological polar surface area (TPSA) is 34.1 Å². The molecule has 0 saturated heterocycles.